The van der Waals surface area contributed by atoms with E-state index in [2.05, 4.69) is 15.9 Å². The molecule has 0 saturated heterocycles. The molecular weight excluding hydrogens is 352 g/mol. The highest BCUT2D eigenvalue weighted by molar-refractivity contribution is 9.10. The number of hydrogen-bond donors (Lipinski definition) is 0. The third-order valence-corrected chi connectivity index (χ3v) is 4.73. The number of hydrogen-bond acceptors (Lipinski definition) is 5. The first-order valence-electron chi connectivity index (χ1n) is 6.89. The largest absolute Gasteiger partial charge is 0.468 e. The van der Waals surface area contributed by atoms with Crippen LogP contribution in [0.25, 0.3) is 0 Å². The number of esters is 2. The summed E-state index contributed by atoms with van der Waals surface area (Å²) in [6.07, 6.45) is 0.547. The molecule has 6 heteroatoms. The summed E-state index contributed by atoms with van der Waals surface area (Å²) in [4.78, 5) is 36.3. The maximum atomic E-state index is 12.4. The van der Waals surface area contributed by atoms with Crippen molar-refractivity contribution in [2.24, 2.45) is 5.92 Å². The average Bonchev–Trinajstić information content (AvgIpc) is 2.55. The Bertz CT molecular complexity index is 587. The van der Waals surface area contributed by atoms with Gasteiger partial charge in [-0.05, 0) is 30.5 Å². The molecule has 0 aromatic heterocycles. The third-order valence-electron chi connectivity index (χ3n) is 4.20. The maximum absolute atomic E-state index is 12.4. The molecule has 1 aliphatic rings. The summed E-state index contributed by atoms with van der Waals surface area (Å²) in [6, 6.07) is 7.27. The molecule has 2 rings (SSSR count). The van der Waals surface area contributed by atoms with E-state index in [0.29, 0.717) is 6.42 Å². The molecule has 2 atom stereocenters. The summed E-state index contributed by atoms with van der Waals surface area (Å²) >= 11 is 3.35. The first kappa shape index (κ1) is 16.7. The number of Topliss-reactive ketones (excluding diaryl/α,β-unsaturated/α-hetero) is 1. The van der Waals surface area contributed by atoms with E-state index in [9.17, 15) is 14.4 Å². The molecule has 0 aliphatic heterocycles. The average molecular weight is 369 g/mol. The van der Waals surface area contributed by atoms with Gasteiger partial charge in [0, 0.05) is 10.9 Å². The number of carbonyl (C=O) groups is 3. The van der Waals surface area contributed by atoms with Crippen molar-refractivity contribution in [1.29, 1.82) is 0 Å². The van der Waals surface area contributed by atoms with Crippen molar-refractivity contribution < 1.29 is 23.9 Å². The van der Waals surface area contributed by atoms with Gasteiger partial charge in [-0.3, -0.25) is 14.4 Å². The van der Waals surface area contributed by atoms with Gasteiger partial charge in [0.15, 0.2) is 0 Å². The lowest BCUT2D eigenvalue weighted by molar-refractivity contribution is -0.157. The quantitative estimate of drug-likeness (QED) is 0.605. The highest BCUT2D eigenvalue weighted by Crippen LogP contribution is 2.42. The van der Waals surface area contributed by atoms with Crippen LogP contribution in [0, 0.1) is 5.92 Å². The van der Waals surface area contributed by atoms with Crippen LogP contribution in [-0.4, -0.2) is 31.9 Å². The molecule has 22 heavy (non-hydrogen) atoms. The number of halogens is 1. The standard InChI is InChI=1S/C16H17BrO5/c1-21-14(19)12-9-16(15(20)22-2,8-7-13(12)18)10-3-5-11(17)6-4-10/h3-6,12H,7-9H2,1-2H3. The van der Waals surface area contributed by atoms with Crippen molar-refractivity contribution in [1.82, 2.24) is 0 Å². The fourth-order valence-corrected chi connectivity index (χ4v) is 3.23. The van der Waals surface area contributed by atoms with Gasteiger partial charge >= 0.3 is 11.9 Å². The van der Waals surface area contributed by atoms with Gasteiger partial charge < -0.3 is 9.47 Å². The lowest BCUT2D eigenvalue weighted by atomic mass is 9.65. The Morgan fingerprint density at radius 1 is 1.18 bits per heavy atom. The molecule has 118 valence electrons. The van der Waals surface area contributed by atoms with Crippen LogP contribution in [0.5, 0.6) is 0 Å². The number of methoxy groups -OCH3 is 2. The number of rotatable bonds is 3. The van der Waals surface area contributed by atoms with Crippen LogP contribution in [-0.2, 0) is 29.3 Å². The summed E-state index contributed by atoms with van der Waals surface area (Å²) in [6.45, 7) is 0. The summed E-state index contributed by atoms with van der Waals surface area (Å²) in [7, 11) is 2.55. The van der Waals surface area contributed by atoms with Crippen LogP contribution in [0.4, 0.5) is 0 Å². The van der Waals surface area contributed by atoms with Crippen molar-refractivity contribution in [2.75, 3.05) is 14.2 Å². The van der Waals surface area contributed by atoms with Crippen molar-refractivity contribution in [2.45, 2.75) is 24.7 Å². The Morgan fingerprint density at radius 2 is 1.82 bits per heavy atom. The van der Waals surface area contributed by atoms with E-state index in [1.165, 1.54) is 14.2 Å². The van der Waals surface area contributed by atoms with Crippen LogP contribution >= 0.6 is 15.9 Å². The van der Waals surface area contributed by atoms with Gasteiger partial charge in [0.25, 0.3) is 0 Å². The maximum Gasteiger partial charge on any atom is 0.316 e. The fraction of sp³-hybridized carbons (Fsp3) is 0.438. The van der Waals surface area contributed by atoms with Crippen LogP contribution in [0.2, 0.25) is 0 Å². The highest BCUT2D eigenvalue weighted by Gasteiger charge is 2.50. The predicted octanol–water partition coefficient (Wildman–Crippen LogP) is 2.40. The Kier molecular flexibility index (Phi) is 5.01. The second-order valence-corrected chi connectivity index (χ2v) is 6.24. The monoisotopic (exact) mass is 368 g/mol. The lowest BCUT2D eigenvalue weighted by Crippen LogP contribution is -2.46. The first-order chi connectivity index (χ1) is 10.4. The minimum atomic E-state index is -0.998. The van der Waals surface area contributed by atoms with Crippen molar-refractivity contribution in [3.8, 4) is 0 Å². The van der Waals surface area contributed by atoms with Crippen molar-refractivity contribution >= 4 is 33.7 Å². The summed E-state index contributed by atoms with van der Waals surface area (Å²) in [5.74, 6) is -2.16. The molecular formula is C16H17BrO5. The molecule has 1 aliphatic carbocycles. The molecule has 0 spiro atoms. The van der Waals surface area contributed by atoms with Gasteiger partial charge in [0.1, 0.15) is 11.7 Å². The second kappa shape index (κ2) is 6.60. The van der Waals surface area contributed by atoms with E-state index in [0.717, 1.165) is 10.0 Å². The molecule has 1 aromatic carbocycles. The second-order valence-electron chi connectivity index (χ2n) is 5.33. The summed E-state index contributed by atoms with van der Waals surface area (Å²) in [5.41, 5.74) is -0.258. The fourth-order valence-electron chi connectivity index (χ4n) is 2.96. The zero-order valence-electron chi connectivity index (χ0n) is 12.4. The predicted molar refractivity (Wildman–Crippen MR) is 82.2 cm³/mol. The lowest BCUT2D eigenvalue weighted by Gasteiger charge is -2.37. The molecule has 1 fully saturated rings. The van der Waals surface area contributed by atoms with E-state index < -0.39 is 23.3 Å². The molecule has 0 heterocycles. The Morgan fingerprint density at radius 3 is 2.36 bits per heavy atom. The van der Waals surface area contributed by atoms with Gasteiger partial charge in [-0.25, -0.2) is 0 Å². The number of ether oxygens (including phenoxy) is 2. The van der Waals surface area contributed by atoms with E-state index in [1.807, 2.05) is 24.3 Å². The van der Waals surface area contributed by atoms with Gasteiger partial charge in [-0.2, -0.15) is 0 Å². The van der Waals surface area contributed by atoms with Crippen LogP contribution in [0.3, 0.4) is 0 Å². The summed E-state index contributed by atoms with van der Waals surface area (Å²) < 4.78 is 10.5. The highest BCUT2D eigenvalue weighted by atomic mass is 79.9. The molecule has 0 radical (unpaired) electrons. The normalized spacial score (nSPS) is 24.7. The van der Waals surface area contributed by atoms with E-state index >= 15 is 0 Å². The minimum absolute atomic E-state index is 0.0762. The van der Waals surface area contributed by atoms with Gasteiger partial charge in [0.05, 0.1) is 19.6 Å². The third kappa shape index (κ3) is 2.92. The van der Waals surface area contributed by atoms with E-state index in [-0.39, 0.29) is 18.6 Å². The van der Waals surface area contributed by atoms with Crippen LogP contribution in [0.1, 0.15) is 24.8 Å². The Hall–Kier alpha value is -1.69. The molecule has 0 bridgehead atoms. The molecule has 2 unspecified atom stereocenters. The zero-order chi connectivity index (χ0) is 16.3. The number of benzene rings is 1. The van der Waals surface area contributed by atoms with Crippen LogP contribution in [0.15, 0.2) is 28.7 Å². The molecule has 1 saturated carbocycles. The van der Waals surface area contributed by atoms with Gasteiger partial charge in [-0.1, -0.05) is 28.1 Å². The van der Waals surface area contributed by atoms with Gasteiger partial charge in [-0.15, -0.1) is 0 Å². The van der Waals surface area contributed by atoms with Gasteiger partial charge in [0.2, 0.25) is 0 Å². The van der Waals surface area contributed by atoms with E-state index in [1.54, 1.807) is 0 Å². The zero-order valence-corrected chi connectivity index (χ0v) is 14.0. The first-order valence-corrected chi connectivity index (χ1v) is 7.69. The SMILES string of the molecule is COC(=O)C1CC(C(=O)OC)(c2ccc(Br)cc2)CCC1=O. The van der Waals surface area contributed by atoms with Crippen molar-refractivity contribution in [3.05, 3.63) is 34.3 Å². The Labute approximate surface area is 137 Å². The smallest absolute Gasteiger partial charge is 0.316 e. The number of carbonyl (C=O) groups excluding carboxylic acids is 3. The topological polar surface area (TPSA) is 69.7 Å². The Balaban J connectivity index is 2.46. The molecule has 5 nitrogen and oxygen atoms in total. The van der Waals surface area contributed by atoms with E-state index in [4.69, 9.17) is 9.47 Å². The summed E-state index contributed by atoms with van der Waals surface area (Å²) in [5, 5.41) is 0. The van der Waals surface area contributed by atoms with Crippen LogP contribution < -0.4 is 0 Å². The minimum Gasteiger partial charge on any atom is -0.468 e. The number of ketones is 1. The molecule has 1 aromatic rings. The van der Waals surface area contributed by atoms with Crippen molar-refractivity contribution in [3.63, 3.8) is 0 Å². The molecule has 0 amide bonds. The molecule has 0 N–H and O–H groups in total.